The minimum absolute atomic E-state index is 0.462. The molecule has 2 nitrogen and oxygen atoms in total. The minimum Gasteiger partial charge on any atom is -0.488 e. The summed E-state index contributed by atoms with van der Waals surface area (Å²) in [6.07, 6.45) is 0.224. The maximum Gasteiger partial charge on any atom is 0.125 e. The number of para-hydroxylation sites is 1. The number of aliphatic hydroxyl groups excluding tert-OH is 1. The maximum absolute atomic E-state index is 9.93. The highest BCUT2D eigenvalue weighted by Gasteiger charge is 2.11. The molecule has 0 amide bonds. The number of aliphatic hydroxyl groups is 1. The molecule has 1 unspecified atom stereocenters. The molecule has 1 atom stereocenters. The Morgan fingerprint density at radius 2 is 2.06 bits per heavy atom. The third-order valence-electron chi connectivity index (χ3n) is 2.66. The topological polar surface area (TPSA) is 29.5 Å². The van der Waals surface area contributed by atoms with Crippen LogP contribution in [0.3, 0.4) is 0 Å². The van der Waals surface area contributed by atoms with Gasteiger partial charge in [-0.2, -0.15) is 0 Å². The van der Waals surface area contributed by atoms with E-state index in [-0.39, 0.29) is 0 Å². The summed E-state index contributed by atoms with van der Waals surface area (Å²) in [6.45, 7) is 2.49. The molecular formula is C14H15BrO2S. The van der Waals surface area contributed by atoms with Crippen LogP contribution in [-0.4, -0.2) is 5.11 Å². The predicted octanol–water partition coefficient (Wildman–Crippen LogP) is 4.53. The summed E-state index contributed by atoms with van der Waals surface area (Å²) in [5, 5.41) is 9.93. The third-order valence-corrected chi connectivity index (χ3v) is 4.26. The second-order valence-corrected chi connectivity index (χ2v) is 6.50. The van der Waals surface area contributed by atoms with Crippen LogP contribution in [0.1, 0.15) is 29.9 Å². The molecule has 0 aliphatic rings. The van der Waals surface area contributed by atoms with E-state index in [1.165, 1.54) is 0 Å². The van der Waals surface area contributed by atoms with Crippen molar-refractivity contribution in [3.8, 4) is 5.75 Å². The molecule has 0 fully saturated rings. The number of ether oxygens (including phenoxy) is 1. The first-order valence-electron chi connectivity index (χ1n) is 5.84. The first kappa shape index (κ1) is 13.6. The molecule has 1 heterocycles. The Kier molecular flexibility index (Phi) is 4.80. The minimum atomic E-state index is -0.462. The zero-order valence-electron chi connectivity index (χ0n) is 10.1. The zero-order valence-corrected chi connectivity index (χ0v) is 12.5. The maximum atomic E-state index is 9.93. The molecule has 18 heavy (non-hydrogen) atoms. The van der Waals surface area contributed by atoms with Crippen molar-refractivity contribution in [3.05, 3.63) is 50.6 Å². The molecule has 4 heteroatoms. The molecule has 0 spiro atoms. The molecular weight excluding hydrogens is 312 g/mol. The van der Waals surface area contributed by atoms with Crippen LogP contribution in [-0.2, 0) is 6.61 Å². The fourth-order valence-electron chi connectivity index (χ4n) is 1.69. The van der Waals surface area contributed by atoms with Crippen molar-refractivity contribution >= 4 is 27.3 Å². The van der Waals surface area contributed by atoms with E-state index >= 15 is 0 Å². The summed E-state index contributed by atoms with van der Waals surface area (Å²) < 4.78 is 6.89. The van der Waals surface area contributed by atoms with Gasteiger partial charge in [0.1, 0.15) is 12.4 Å². The SMILES string of the molecule is CCC(O)c1ccccc1OCc1ccc(Br)s1. The van der Waals surface area contributed by atoms with Gasteiger partial charge in [-0.05, 0) is 40.5 Å². The Morgan fingerprint density at radius 1 is 1.28 bits per heavy atom. The van der Waals surface area contributed by atoms with Crippen LogP contribution in [0, 0.1) is 0 Å². The highest BCUT2D eigenvalue weighted by Crippen LogP contribution is 2.29. The fraction of sp³-hybridized carbons (Fsp3) is 0.286. The monoisotopic (exact) mass is 326 g/mol. The van der Waals surface area contributed by atoms with Gasteiger partial charge in [-0.3, -0.25) is 0 Å². The number of hydrogen-bond acceptors (Lipinski definition) is 3. The predicted molar refractivity (Wildman–Crippen MR) is 78.0 cm³/mol. The van der Waals surface area contributed by atoms with Gasteiger partial charge in [0.15, 0.2) is 0 Å². The lowest BCUT2D eigenvalue weighted by Crippen LogP contribution is -2.01. The van der Waals surface area contributed by atoms with Crippen molar-refractivity contribution in [3.63, 3.8) is 0 Å². The summed E-state index contributed by atoms with van der Waals surface area (Å²) in [5.41, 5.74) is 0.857. The first-order valence-corrected chi connectivity index (χ1v) is 7.45. The zero-order chi connectivity index (χ0) is 13.0. The van der Waals surface area contributed by atoms with E-state index in [9.17, 15) is 5.11 Å². The standard InChI is InChI=1S/C14H15BrO2S/c1-2-12(16)11-5-3-4-6-13(11)17-9-10-7-8-14(15)18-10/h3-8,12,16H,2,9H2,1H3. The van der Waals surface area contributed by atoms with E-state index in [1.807, 2.05) is 43.3 Å². The van der Waals surface area contributed by atoms with Crippen LogP contribution in [0.2, 0.25) is 0 Å². The van der Waals surface area contributed by atoms with E-state index in [0.29, 0.717) is 13.0 Å². The van der Waals surface area contributed by atoms with Gasteiger partial charge in [0.2, 0.25) is 0 Å². The molecule has 0 saturated heterocycles. The second-order valence-electron chi connectivity index (χ2n) is 3.96. The fourth-order valence-corrected chi connectivity index (χ4v) is 3.08. The summed E-state index contributed by atoms with van der Waals surface area (Å²) in [5.74, 6) is 0.761. The van der Waals surface area contributed by atoms with Crippen molar-refractivity contribution in [2.24, 2.45) is 0 Å². The summed E-state index contributed by atoms with van der Waals surface area (Å²) in [4.78, 5) is 1.16. The van der Waals surface area contributed by atoms with Gasteiger partial charge in [0, 0.05) is 10.4 Å². The summed E-state index contributed by atoms with van der Waals surface area (Å²) >= 11 is 5.09. The van der Waals surface area contributed by atoms with Crippen molar-refractivity contribution < 1.29 is 9.84 Å². The Labute approximate surface area is 119 Å². The third kappa shape index (κ3) is 3.34. The van der Waals surface area contributed by atoms with Crippen LogP contribution in [0.5, 0.6) is 5.75 Å². The summed E-state index contributed by atoms with van der Waals surface area (Å²) in [7, 11) is 0. The van der Waals surface area contributed by atoms with Crippen molar-refractivity contribution in [1.82, 2.24) is 0 Å². The lowest BCUT2D eigenvalue weighted by molar-refractivity contribution is 0.166. The Morgan fingerprint density at radius 3 is 2.72 bits per heavy atom. The first-order chi connectivity index (χ1) is 8.70. The molecule has 1 N–H and O–H groups in total. The van der Waals surface area contributed by atoms with E-state index in [4.69, 9.17) is 4.74 Å². The smallest absolute Gasteiger partial charge is 0.125 e. The molecule has 0 saturated carbocycles. The highest BCUT2D eigenvalue weighted by atomic mass is 79.9. The molecule has 2 rings (SSSR count). The van der Waals surface area contributed by atoms with Crippen molar-refractivity contribution in [1.29, 1.82) is 0 Å². The molecule has 1 aromatic carbocycles. The van der Waals surface area contributed by atoms with Crippen LogP contribution in [0.25, 0.3) is 0 Å². The number of benzene rings is 1. The van der Waals surface area contributed by atoms with E-state index in [0.717, 1.165) is 20.0 Å². The molecule has 0 radical (unpaired) electrons. The lowest BCUT2D eigenvalue weighted by atomic mass is 10.1. The van der Waals surface area contributed by atoms with E-state index in [1.54, 1.807) is 11.3 Å². The van der Waals surface area contributed by atoms with Crippen LogP contribution >= 0.6 is 27.3 Å². The normalized spacial score (nSPS) is 12.4. The molecule has 96 valence electrons. The Bertz CT molecular complexity index is 510. The average Bonchev–Trinajstić information content (AvgIpc) is 2.81. The van der Waals surface area contributed by atoms with Gasteiger partial charge in [-0.25, -0.2) is 0 Å². The highest BCUT2D eigenvalue weighted by molar-refractivity contribution is 9.11. The number of halogens is 1. The Hall–Kier alpha value is -0.840. The molecule has 2 aromatic rings. The van der Waals surface area contributed by atoms with Crippen molar-refractivity contribution in [2.45, 2.75) is 26.1 Å². The molecule has 1 aromatic heterocycles. The van der Waals surface area contributed by atoms with Gasteiger partial charge in [-0.15, -0.1) is 11.3 Å². The summed E-state index contributed by atoms with van der Waals surface area (Å²) in [6, 6.07) is 11.7. The molecule has 0 aliphatic heterocycles. The van der Waals surface area contributed by atoms with Gasteiger partial charge in [0.25, 0.3) is 0 Å². The largest absolute Gasteiger partial charge is 0.488 e. The Balaban J connectivity index is 2.09. The van der Waals surface area contributed by atoms with Crippen LogP contribution < -0.4 is 4.74 Å². The lowest BCUT2D eigenvalue weighted by Gasteiger charge is -2.14. The molecule has 0 aliphatic carbocycles. The van der Waals surface area contributed by atoms with Gasteiger partial charge >= 0.3 is 0 Å². The second kappa shape index (κ2) is 6.36. The van der Waals surface area contributed by atoms with Crippen molar-refractivity contribution in [2.75, 3.05) is 0 Å². The van der Waals surface area contributed by atoms with E-state index < -0.39 is 6.10 Å². The number of rotatable bonds is 5. The van der Waals surface area contributed by atoms with Crippen LogP contribution in [0.15, 0.2) is 40.2 Å². The van der Waals surface area contributed by atoms with Crippen LogP contribution in [0.4, 0.5) is 0 Å². The van der Waals surface area contributed by atoms with Gasteiger partial charge in [-0.1, -0.05) is 25.1 Å². The average molecular weight is 327 g/mol. The quantitative estimate of drug-likeness (QED) is 0.874. The number of hydrogen-bond donors (Lipinski definition) is 1. The number of thiophene rings is 1. The van der Waals surface area contributed by atoms with E-state index in [2.05, 4.69) is 15.9 Å². The van der Waals surface area contributed by atoms with Gasteiger partial charge in [0.05, 0.1) is 9.89 Å². The molecule has 0 bridgehead atoms. The van der Waals surface area contributed by atoms with Gasteiger partial charge < -0.3 is 9.84 Å².